The zero-order valence-electron chi connectivity index (χ0n) is 7.27. The van der Waals surface area contributed by atoms with E-state index in [4.69, 9.17) is 10.5 Å². The highest BCUT2D eigenvalue weighted by molar-refractivity contribution is 5.85. The number of ether oxygens (including phenoxy) is 1. The standard InChI is InChI=1S/C9H11NO2.ClH/c1-12-8-4-2-3-7(5-8)9(10)6-11;/h2-6,9H,10H2,1H3;1H. The van der Waals surface area contributed by atoms with Gasteiger partial charge in [0.25, 0.3) is 0 Å². The van der Waals surface area contributed by atoms with E-state index in [9.17, 15) is 4.79 Å². The van der Waals surface area contributed by atoms with E-state index < -0.39 is 6.04 Å². The Morgan fingerprint density at radius 2 is 2.23 bits per heavy atom. The van der Waals surface area contributed by atoms with Crippen LogP contribution in [0, 0.1) is 0 Å². The first-order chi connectivity index (χ1) is 5.77. The van der Waals surface area contributed by atoms with Gasteiger partial charge >= 0.3 is 0 Å². The Kier molecular flexibility index (Phi) is 5.11. The first-order valence-electron chi connectivity index (χ1n) is 3.62. The minimum absolute atomic E-state index is 0. The van der Waals surface area contributed by atoms with Crippen molar-refractivity contribution in [3.05, 3.63) is 29.8 Å². The molecule has 13 heavy (non-hydrogen) atoms. The summed E-state index contributed by atoms with van der Waals surface area (Å²) >= 11 is 0. The number of aldehydes is 1. The summed E-state index contributed by atoms with van der Waals surface area (Å²) < 4.78 is 4.98. The number of carbonyl (C=O) groups excluding carboxylic acids is 1. The summed E-state index contributed by atoms with van der Waals surface area (Å²) in [7, 11) is 1.57. The van der Waals surface area contributed by atoms with Gasteiger partial charge in [0, 0.05) is 0 Å². The van der Waals surface area contributed by atoms with E-state index in [1.165, 1.54) is 0 Å². The molecule has 0 heterocycles. The molecule has 0 fully saturated rings. The Bertz CT molecular complexity index is 278. The Morgan fingerprint density at radius 1 is 1.54 bits per heavy atom. The third-order valence-corrected chi connectivity index (χ3v) is 1.63. The number of methoxy groups -OCH3 is 1. The molecule has 0 saturated heterocycles. The van der Waals surface area contributed by atoms with Crippen LogP contribution in [0.5, 0.6) is 5.75 Å². The van der Waals surface area contributed by atoms with Gasteiger partial charge in [0.2, 0.25) is 0 Å². The van der Waals surface area contributed by atoms with E-state index in [0.29, 0.717) is 12.0 Å². The summed E-state index contributed by atoms with van der Waals surface area (Å²) in [4.78, 5) is 10.3. The van der Waals surface area contributed by atoms with Gasteiger partial charge < -0.3 is 15.3 Å². The second-order valence-corrected chi connectivity index (χ2v) is 2.44. The Labute approximate surface area is 83.3 Å². The van der Waals surface area contributed by atoms with Crippen LogP contribution in [0.2, 0.25) is 0 Å². The topological polar surface area (TPSA) is 52.3 Å². The van der Waals surface area contributed by atoms with Crippen LogP contribution in [0.1, 0.15) is 11.6 Å². The third kappa shape index (κ3) is 3.05. The summed E-state index contributed by atoms with van der Waals surface area (Å²) in [5.74, 6) is 0.713. The minimum atomic E-state index is -0.555. The van der Waals surface area contributed by atoms with Gasteiger partial charge in [0.05, 0.1) is 13.2 Å². The lowest BCUT2D eigenvalue weighted by Crippen LogP contribution is -2.10. The molecule has 2 N–H and O–H groups in total. The molecule has 1 atom stereocenters. The second-order valence-electron chi connectivity index (χ2n) is 2.44. The van der Waals surface area contributed by atoms with Crippen LogP contribution >= 0.6 is 12.4 Å². The average molecular weight is 202 g/mol. The van der Waals surface area contributed by atoms with Gasteiger partial charge in [-0.15, -0.1) is 12.4 Å². The fourth-order valence-corrected chi connectivity index (χ4v) is 0.927. The molecule has 0 aliphatic rings. The second kappa shape index (κ2) is 5.56. The zero-order chi connectivity index (χ0) is 8.97. The van der Waals surface area contributed by atoms with Crippen molar-refractivity contribution in [2.45, 2.75) is 6.04 Å². The number of hydrogen-bond acceptors (Lipinski definition) is 3. The lowest BCUT2D eigenvalue weighted by atomic mass is 10.1. The summed E-state index contributed by atoms with van der Waals surface area (Å²) in [6.07, 6.45) is 0.703. The van der Waals surface area contributed by atoms with Crippen LogP contribution < -0.4 is 10.5 Å². The predicted octanol–water partition coefficient (Wildman–Crippen LogP) is 1.32. The molecule has 1 aromatic carbocycles. The highest BCUT2D eigenvalue weighted by Crippen LogP contribution is 2.15. The van der Waals surface area contributed by atoms with Crippen molar-refractivity contribution in [1.82, 2.24) is 0 Å². The van der Waals surface area contributed by atoms with Crippen molar-refractivity contribution in [3.8, 4) is 5.75 Å². The van der Waals surface area contributed by atoms with E-state index in [1.807, 2.05) is 0 Å². The Balaban J connectivity index is 0.00000144. The number of nitrogens with two attached hydrogens (primary N) is 1. The maximum atomic E-state index is 10.3. The summed E-state index contributed by atoms with van der Waals surface area (Å²) in [6.45, 7) is 0. The molecule has 3 nitrogen and oxygen atoms in total. The average Bonchev–Trinajstić information content (AvgIpc) is 2.17. The molecule has 0 radical (unpaired) electrons. The Morgan fingerprint density at radius 3 is 2.77 bits per heavy atom. The third-order valence-electron chi connectivity index (χ3n) is 1.63. The van der Waals surface area contributed by atoms with Gasteiger partial charge in [0.15, 0.2) is 0 Å². The van der Waals surface area contributed by atoms with E-state index >= 15 is 0 Å². The van der Waals surface area contributed by atoms with Gasteiger partial charge in [0.1, 0.15) is 12.0 Å². The monoisotopic (exact) mass is 201 g/mol. The van der Waals surface area contributed by atoms with Crippen LogP contribution in [0.15, 0.2) is 24.3 Å². The number of halogens is 1. The van der Waals surface area contributed by atoms with Crippen molar-refractivity contribution in [3.63, 3.8) is 0 Å². The summed E-state index contributed by atoms with van der Waals surface area (Å²) in [6, 6.07) is 6.60. The molecule has 72 valence electrons. The molecular weight excluding hydrogens is 190 g/mol. The van der Waals surface area contributed by atoms with E-state index in [1.54, 1.807) is 31.4 Å². The van der Waals surface area contributed by atoms with Gasteiger partial charge in [-0.1, -0.05) is 12.1 Å². The SMILES string of the molecule is COc1cccc(C(N)C=O)c1.Cl. The number of benzene rings is 1. The molecule has 1 aromatic rings. The summed E-state index contributed by atoms with van der Waals surface area (Å²) in [5, 5.41) is 0. The minimum Gasteiger partial charge on any atom is -0.497 e. The fraction of sp³-hybridized carbons (Fsp3) is 0.222. The van der Waals surface area contributed by atoms with E-state index in [-0.39, 0.29) is 12.4 Å². The highest BCUT2D eigenvalue weighted by atomic mass is 35.5. The zero-order valence-corrected chi connectivity index (χ0v) is 8.08. The van der Waals surface area contributed by atoms with Crippen LogP contribution in [0.25, 0.3) is 0 Å². The van der Waals surface area contributed by atoms with Crippen molar-refractivity contribution < 1.29 is 9.53 Å². The van der Waals surface area contributed by atoms with Crippen LogP contribution in [-0.4, -0.2) is 13.4 Å². The molecule has 0 aromatic heterocycles. The van der Waals surface area contributed by atoms with Gasteiger partial charge in [-0.3, -0.25) is 0 Å². The molecular formula is C9H12ClNO2. The quantitative estimate of drug-likeness (QED) is 0.751. The lowest BCUT2D eigenvalue weighted by Gasteiger charge is -2.05. The molecule has 4 heteroatoms. The highest BCUT2D eigenvalue weighted by Gasteiger charge is 2.03. The molecule has 0 aliphatic heterocycles. The molecule has 0 bridgehead atoms. The normalized spacial score (nSPS) is 11.2. The van der Waals surface area contributed by atoms with Gasteiger partial charge in [-0.25, -0.2) is 0 Å². The van der Waals surface area contributed by atoms with Gasteiger partial charge in [-0.05, 0) is 17.7 Å². The number of carbonyl (C=O) groups is 1. The largest absolute Gasteiger partial charge is 0.497 e. The maximum Gasteiger partial charge on any atom is 0.141 e. The first kappa shape index (κ1) is 11.9. The summed E-state index contributed by atoms with van der Waals surface area (Å²) in [5.41, 5.74) is 6.26. The van der Waals surface area contributed by atoms with Crippen LogP contribution in [0.4, 0.5) is 0 Å². The predicted molar refractivity (Wildman–Crippen MR) is 53.2 cm³/mol. The van der Waals surface area contributed by atoms with E-state index in [0.717, 1.165) is 5.56 Å². The van der Waals surface area contributed by atoms with Crippen LogP contribution in [0.3, 0.4) is 0 Å². The van der Waals surface area contributed by atoms with Gasteiger partial charge in [-0.2, -0.15) is 0 Å². The number of hydrogen-bond donors (Lipinski definition) is 1. The maximum absolute atomic E-state index is 10.3. The molecule has 0 saturated carbocycles. The van der Waals surface area contributed by atoms with E-state index in [2.05, 4.69) is 0 Å². The first-order valence-corrected chi connectivity index (χ1v) is 3.62. The van der Waals surface area contributed by atoms with Crippen molar-refractivity contribution in [2.75, 3.05) is 7.11 Å². The fourth-order valence-electron chi connectivity index (χ4n) is 0.927. The smallest absolute Gasteiger partial charge is 0.141 e. The molecule has 0 amide bonds. The molecule has 1 unspecified atom stereocenters. The molecule has 0 aliphatic carbocycles. The van der Waals surface area contributed by atoms with Crippen molar-refractivity contribution in [1.29, 1.82) is 0 Å². The van der Waals surface area contributed by atoms with Crippen molar-refractivity contribution >= 4 is 18.7 Å². The molecule has 1 rings (SSSR count). The van der Waals surface area contributed by atoms with Crippen molar-refractivity contribution in [2.24, 2.45) is 5.73 Å². The Hall–Kier alpha value is -1.06. The molecule has 0 spiro atoms. The number of rotatable bonds is 3. The van der Waals surface area contributed by atoms with Crippen LogP contribution in [-0.2, 0) is 4.79 Å². The lowest BCUT2D eigenvalue weighted by molar-refractivity contribution is -0.109.